The Hall–Kier alpha value is -1.02. The van der Waals surface area contributed by atoms with E-state index < -0.39 is 0 Å². The fraction of sp³-hybridized carbons (Fsp3) is 0.667. The summed E-state index contributed by atoms with van der Waals surface area (Å²) in [5, 5.41) is 3.52. The van der Waals surface area contributed by atoms with Crippen molar-refractivity contribution in [3.8, 4) is 5.75 Å². The maximum Gasteiger partial charge on any atom is 0.119 e. The summed E-state index contributed by atoms with van der Waals surface area (Å²) in [5.41, 5.74) is 1.48. The lowest BCUT2D eigenvalue weighted by Gasteiger charge is -2.25. The summed E-state index contributed by atoms with van der Waals surface area (Å²) in [6, 6.07) is 8.89. The minimum absolute atomic E-state index is 0.164. The summed E-state index contributed by atoms with van der Waals surface area (Å²) in [4.78, 5) is 0. The molecule has 2 atom stereocenters. The number of hydrogen-bond acceptors (Lipinski definition) is 2. The SMILES string of the molecule is CCNC(COc1cccc(C(C)(C)C)c1)C(C)CC. The zero-order valence-corrected chi connectivity index (χ0v) is 14.0. The molecule has 0 aromatic heterocycles. The van der Waals surface area contributed by atoms with Gasteiger partial charge in [-0.05, 0) is 35.6 Å². The molecule has 0 saturated heterocycles. The Morgan fingerprint density at radius 1 is 1.20 bits per heavy atom. The summed E-state index contributed by atoms with van der Waals surface area (Å²) < 4.78 is 6.02. The smallest absolute Gasteiger partial charge is 0.119 e. The zero-order valence-electron chi connectivity index (χ0n) is 14.0. The monoisotopic (exact) mass is 277 g/mol. The normalized spacial score (nSPS) is 14.9. The third-order valence-corrected chi connectivity index (χ3v) is 3.93. The number of benzene rings is 1. The summed E-state index contributed by atoms with van der Waals surface area (Å²) in [6.07, 6.45) is 1.17. The van der Waals surface area contributed by atoms with Crippen LogP contribution in [0.25, 0.3) is 0 Å². The van der Waals surface area contributed by atoms with Gasteiger partial charge in [0.1, 0.15) is 12.4 Å². The van der Waals surface area contributed by atoms with Gasteiger partial charge in [0.15, 0.2) is 0 Å². The average molecular weight is 277 g/mol. The maximum absolute atomic E-state index is 6.02. The number of nitrogens with one attached hydrogen (secondary N) is 1. The van der Waals surface area contributed by atoms with Gasteiger partial charge in [0.2, 0.25) is 0 Å². The molecule has 0 radical (unpaired) electrons. The first kappa shape index (κ1) is 17.0. The number of rotatable bonds is 7. The summed E-state index contributed by atoms with van der Waals surface area (Å²) >= 11 is 0. The minimum Gasteiger partial charge on any atom is -0.492 e. The van der Waals surface area contributed by atoms with Crippen molar-refractivity contribution in [3.63, 3.8) is 0 Å². The topological polar surface area (TPSA) is 21.3 Å². The molecular formula is C18H31NO. The molecule has 2 heteroatoms. The second-order valence-electron chi connectivity index (χ2n) is 6.64. The molecule has 0 aliphatic carbocycles. The molecule has 0 aliphatic heterocycles. The number of hydrogen-bond donors (Lipinski definition) is 1. The van der Waals surface area contributed by atoms with Gasteiger partial charge in [0.25, 0.3) is 0 Å². The predicted octanol–water partition coefficient (Wildman–Crippen LogP) is 4.39. The zero-order chi connectivity index (χ0) is 15.2. The molecule has 0 saturated carbocycles. The molecule has 114 valence electrons. The molecule has 0 bridgehead atoms. The van der Waals surface area contributed by atoms with Crippen molar-refractivity contribution in [2.45, 2.75) is 59.4 Å². The van der Waals surface area contributed by atoms with Gasteiger partial charge in [-0.1, -0.05) is 60.1 Å². The van der Waals surface area contributed by atoms with Crippen LogP contribution in [0.1, 0.15) is 53.5 Å². The Kier molecular flexibility index (Phi) is 6.54. The Bertz CT molecular complexity index is 395. The van der Waals surface area contributed by atoms with Gasteiger partial charge in [-0.15, -0.1) is 0 Å². The molecule has 1 N–H and O–H groups in total. The van der Waals surface area contributed by atoms with Crippen LogP contribution in [0.2, 0.25) is 0 Å². The third-order valence-electron chi connectivity index (χ3n) is 3.93. The molecule has 0 heterocycles. The molecule has 1 aromatic rings. The summed E-state index contributed by atoms with van der Waals surface area (Å²) in [6.45, 7) is 15.1. The lowest BCUT2D eigenvalue weighted by molar-refractivity contribution is 0.222. The molecule has 2 unspecified atom stereocenters. The maximum atomic E-state index is 6.02. The van der Waals surface area contributed by atoms with Gasteiger partial charge in [-0.2, -0.15) is 0 Å². The number of ether oxygens (including phenoxy) is 1. The fourth-order valence-corrected chi connectivity index (χ4v) is 2.21. The van der Waals surface area contributed by atoms with E-state index in [0.29, 0.717) is 12.0 Å². The van der Waals surface area contributed by atoms with Crippen LogP contribution in [0.4, 0.5) is 0 Å². The fourth-order valence-electron chi connectivity index (χ4n) is 2.21. The van der Waals surface area contributed by atoms with E-state index in [-0.39, 0.29) is 5.41 Å². The highest BCUT2D eigenvalue weighted by Gasteiger charge is 2.17. The van der Waals surface area contributed by atoms with Crippen LogP contribution in [0, 0.1) is 5.92 Å². The molecule has 1 aromatic carbocycles. The molecular weight excluding hydrogens is 246 g/mol. The summed E-state index contributed by atoms with van der Waals surface area (Å²) in [5.74, 6) is 1.60. The first-order valence-corrected chi connectivity index (χ1v) is 7.85. The standard InChI is InChI=1S/C18H31NO/c1-7-14(3)17(19-8-2)13-20-16-11-9-10-15(12-16)18(4,5)6/h9-12,14,17,19H,7-8,13H2,1-6H3. The van der Waals surface area contributed by atoms with Crippen LogP contribution in [-0.2, 0) is 5.41 Å². The molecule has 2 nitrogen and oxygen atoms in total. The van der Waals surface area contributed by atoms with Crippen LogP contribution in [-0.4, -0.2) is 19.2 Å². The lowest BCUT2D eigenvalue weighted by Crippen LogP contribution is -2.39. The quantitative estimate of drug-likeness (QED) is 0.798. The second-order valence-corrected chi connectivity index (χ2v) is 6.64. The van der Waals surface area contributed by atoms with Crippen molar-refractivity contribution in [2.24, 2.45) is 5.92 Å². The molecule has 0 fully saturated rings. The van der Waals surface area contributed by atoms with E-state index in [1.165, 1.54) is 12.0 Å². The van der Waals surface area contributed by atoms with Crippen LogP contribution >= 0.6 is 0 Å². The van der Waals surface area contributed by atoms with Crippen molar-refractivity contribution >= 4 is 0 Å². The van der Waals surface area contributed by atoms with E-state index in [2.05, 4.69) is 71.1 Å². The molecule has 0 aliphatic rings. The summed E-state index contributed by atoms with van der Waals surface area (Å²) in [7, 11) is 0. The van der Waals surface area contributed by atoms with Gasteiger partial charge >= 0.3 is 0 Å². The minimum atomic E-state index is 0.164. The highest BCUT2D eigenvalue weighted by atomic mass is 16.5. The largest absolute Gasteiger partial charge is 0.492 e. The highest BCUT2D eigenvalue weighted by molar-refractivity contribution is 5.32. The first-order valence-electron chi connectivity index (χ1n) is 7.85. The van der Waals surface area contributed by atoms with Gasteiger partial charge < -0.3 is 10.1 Å². The molecule has 0 amide bonds. The predicted molar refractivity (Wildman–Crippen MR) is 87.6 cm³/mol. The van der Waals surface area contributed by atoms with Gasteiger partial charge in [-0.25, -0.2) is 0 Å². The van der Waals surface area contributed by atoms with Crippen molar-refractivity contribution in [3.05, 3.63) is 29.8 Å². The van der Waals surface area contributed by atoms with E-state index in [4.69, 9.17) is 4.74 Å². The molecule has 0 spiro atoms. The van der Waals surface area contributed by atoms with Gasteiger partial charge in [-0.3, -0.25) is 0 Å². The van der Waals surface area contributed by atoms with Crippen LogP contribution in [0.3, 0.4) is 0 Å². The lowest BCUT2D eigenvalue weighted by atomic mass is 9.87. The van der Waals surface area contributed by atoms with Crippen molar-refractivity contribution in [1.29, 1.82) is 0 Å². The van der Waals surface area contributed by atoms with Crippen molar-refractivity contribution in [2.75, 3.05) is 13.2 Å². The highest BCUT2D eigenvalue weighted by Crippen LogP contribution is 2.25. The molecule has 20 heavy (non-hydrogen) atoms. The van der Waals surface area contributed by atoms with E-state index in [9.17, 15) is 0 Å². The number of likely N-dealkylation sites (N-methyl/N-ethyl adjacent to an activating group) is 1. The van der Waals surface area contributed by atoms with Crippen LogP contribution in [0.15, 0.2) is 24.3 Å². The van der Waals surface area contributed by atoms with Gasteiger partial charge in [0, 0.05) is 6.04 Å². The first-order chi connectivity index (χ1) is 9.38. The second kappa shape index (κ2) is 7.68. The van der Waals surface area contributed by atoms with E-state index in [1.54, 1.807) is 0 Å². The van der Waals surface area contributed by atoms with Crippen LogP contribution in [0.5, 0.6) is 5.75 Å². The van der Waals surface area contributed by atoms with Crippen molar-refractivity contribution < 1.29 is 4.74 Å². The van der Waals surface area contributed by atoms with E-state index in [0.717, 1.165) is 18.9 Å². The van der Waals surface area contributed by atoms with Gasteiger partial charge in [0.05, 0.1) is 0 Å². The van der Waals surface area contributed by atoms with E-state index in [1.807, 2.05) is 0 Å². The third kappa shape index (κ3) is 5.16. The average Bonchev–Trinajstić information content (AvgIpc) is 2.42. The Morgan fingerprint density at radius 2 is 1.90 bits per heavy atom. The van der Waals surface area contributed by atoms with Crippen LogP contribution < -0.4 is 10.1 Å². The Labute approximate surface area is 124 Å². The molecule has 1 rings (SSSR count). The van der Waals surface area contributed by atoms with E-state index >= 15 is 0 Å². The Morgan fingerprint density at radius 3 is 2.45 bits per heavy atom. The van der Waals surface area contributed by atoms with Crippen molar-refractivity contribution in [1.82, 2.24) is 5.32 Å². The Balaban J connectivity index is 2.68.